The number of anilines is 1. The minimum absolute atomic E-state index is 0. The molecule has 0 saturated heterocycles. The first-order valence-corrected chi connectivity index (χ1v) is 9.35. The van der Waals surface area contributed by atoms with Crippen molar-refractivity contribution in [2.24, 2.45) is 4.99 Å². The molecule has 1 unspecified atom stereocenters. The van der Waals surface area contributed by atoms with Crippen LogP contribution >= 0.6 is 24.0 Å². The molecule has 1 aromatic heterocycles. The van der Waals surface area contributed by atoms with E-state index in [1.807, 2.05) is 56.4 Å². The van der Waals surface area contributed by atoms with Crippen LogP contribution in [0.5, 0.6) is 5.75 Å². The molecule has 7 heteroatoms. The predicted octanol–water partition coefficient (Wildman–Crippen LogP) is 3.60. The van der Waals surface area contributed by atoms with Crippen LogP contribution in [0.25, 0.3) is 0 Å². The number of guanidine groups is 1. The lowest BCUT2D eigenvalue weighted by Crippen LogP contribution is -2.41. The molecule has 2 rings (SSSR count). The number of aryl methyl sites for hydroxylation is 1. The Morgan fingerprint density at radius 2 is 2.00 bits per heavy atom. The SMILES string of the molecule is CCNC(=NCc1ccnc(N(C)C)c1)NCC(C)Oc1cccc(C)c1.I. The summed E-state index contributed by atoms with van der Waals surface area (Å²) in [7, 11) is 3.97. The molecule has 0 aliphatic carbocycles. The summed E-state index contributed by atoms with van der Waals surface area (Å²) in [6, 6.07) is 12.1. The zero-order valence-corrected chi connectivity index (χ0v) is 19.7. The quantitative estimate of drug-likeness (QED) is 0.332. The van der Waals surface area contributed by atoms with E-state index >= 15 is 0 Å². The van der Waals surface area contributed by atoms with Gasteiger partial charge in [0.2, 0.25) is 0 Å². The average molecular weight is 497 g/mol. The molecule has 28 heavy (non-hydrogen) atoms. The van der Waals surface area contributed by atoms with Crippen LogP contribution in [0.3, 0.4) is 0 Å². The summed E-state index contributed by atoms with van der Waals surface area (Å²) in [5.41, 5.74) is 2.31. The fourth-order valence-electron chi connectivity index (χ4n) is 2.52. The number of rotatable bonds is 8. The molecule has 1 aromatic carbocycles. The third-order valence-corrected chi connectivity index (χ3v) is 3.92. The molecule has 0 aliphatic rings. The summed E-state index contributed by atoms with van der Waals surface area (Å²) in [5.74, 6) is 2.60. The lowest BCUT2D eigenvalue weighted by atomic mass is 10.2. The zero-order valence-electron chi connectivity index (χ0n) is 17.4. The Kier molecular flexibility index (Phi) is 10.7. The van der Waals surface area contributed by atoms with Crippen molar-refractivity contribution in [3.05, 3.63) is 53.7 Å². The highest BCUT2D eigenvalue weighted by Gasteiger charge is 2.06. The highest BCUT2D eigenvalue weighted by molar-refractivity contribution is 14.0. The Bertz CT molecular complexity index is 751. The molecule has 2 aromatic rings. The van der Waals surface area contributed by atoms with E-state index in [-0.39, 0.29) is 30.1 Å². The highest BCUT2D eigenvalue weighted by Crippen LogP contribution is 2.14. The maximum Gasteiger partial charge on any atom is 0.191 e. The maximum atomic E-state index is 5.97. The average Bonchev–Trinajstić information content (AvgIpc) is 2.64. The molecule has 0 saturated carbocycles. The third kappa shape index (κ3) is 8.33. The number of hydrogen-bond acceptors (Lipinski definition) is 4. The van der Waals surface area contributed by atoms with E-state index in [1.54, 1.807) is 0 Å². The minimum Gasteiger partial charge on any atom is -0.489 e. The first-order chi connectivity index (χ1) is 13.0. The van der Waals surface area contributed by atoms with E-state index in [0.717, 1.165) is 29.6 Å². The van der Waals surface area contributed by atoms with Gasteiger partial charge in [0.1, 0.15) is 17.7 Å². The predicted molar refractivity (Wildman–Crippen MR) is 128 cm³/mol. The van der Waals surface area contributed by atoms with Crippen LogP contribution in [0.15, 0.2) is 47.6 Å². The van der Waals surface area contributed by atoms with Crippen LogP contribution in [-0.2, 0) is 6.54 Å². The van der Waals surface area contributed by atoms with Crippen LogP contribution in [0.2, 0.25) is 0 Å². The zero-order chi connectivity index (χ0) is 19.6. The monoisotopic (exact) mass is 497 g/mol. The van der Waals surface area contributed by atoms with E-state index < -0.39 is 0 Å². The summed E-state index contributed by atoms with van der Waals surface area (Å²) in [6.07, 6.45) is 1.84. The van der Waals surface area contributed by atoms with E-state index in [1.165, 1.54) is 5.56 Å². The molecular weight excluding hydrogens is 465 g/mol. The first-order valence-electron chi connectivity index (χ1n) is 9.35. The van der Waals surface area contributed by atoms with Crippen molar-refractivity contribution in [3.8, 4) is 5.75 Å². The van der Waals surface area contributed by atoms with E-state index in [9.17, 15) is 0 Å². The van der Waals surface area contributed by atoms with E-state index in [4.69, 9.17) is 4.74 Å². The molecule has 0 radical (unpaired) electrons. The Hall–Kier alpha value is -2.03. The molecule has 1 heterocycles. The topological polar surface area (TPSA) is 61.8 Å². The summed E-state index contributed by atoms with van der Waals surface area (Å²) >= 11 is 0. The van der Waals surface area contributed by atoms with Crippen LogP contribution in [0.4, 0.5) is 5.82 Å². The van der Waals surface area contributed by atoms with Gasteiger partial charge in [0.15, 0.2) is 5.96 Å². The summed E-state index contributed by atoms with van der Waals surface area (Å²) < 4.78 is 5.97. The Balaban J connectivity index is 0.00000392. The van der Waals surface area contributed by atoms with Gasteiger partial charge in [-0.1, -0.05) is 12.1 Å². The van der Waals surface area contributed by atoms with Gasteiger partial charge in [-0.25, -0.2) is 9.98 Å². The minimum atomic E-state index is 0. The number of halogens is 1. The number of aromatic nitrogens is 1. The van der Waals surface area contributed by atoms with Crippen LogP contribution < -0.4 is 20.3 Å². The molecule has 154 valence electrons. The van der Waals surface area contributed by atoms with Gasteiger partial charge < -0.3 is 20.3 Å². The van der Waals surface area contributed by atoms with Crippen LogP contribution in [0, 0.1) is 6.92 Å². The van der Waals surface area contributed by atoms with Gasteiger partial charge in [-0.15, -0.1) is 24.0 Å². The normalized spacial score (nSPS) is 12.0. The van der Waals surface area contributed by atoms with Gasteiger partial charge in [-0.2, -0.15) is 0 Å². The Morgan fingerprint density at radius 3 is 2.68 bits per heavy atom. The van der Waals surface area contributed by atoms with Gasteiger partial charge in [-0.3, -0.25) is 0 Å². The van der Waals surface area contributed by atoms with Gasteiger partial charge in [0, 0.05) is 26.8 Å². The lowest BCUT2D eigenvalue weighted by molar-refractivity contribution is 0.223. The fourth-order valence-corrected chi connectivity index (χ4v) is 2.52. The molecule has 0 aliphatic heterocycles. The lowest BCUT2D eigenvalue weighted by Gasteiger charge is -2.18. The van der Waals surface area contributed by atoms with Crippen molar-refractivity contribution in [2.45, 2.75) is 33.4 Å². The molecule has 0 amide bonds. The molecular formula is C21H32IN5O. The van der Waals surface area contributed by atoms with Crippen LogP contribution in [0.1, 0.15) is 25.0 Å². The molecule has 0 spiro atoms. The smallest absolute Gasteiger partial charge is 0.191 e. The second-order valence-electron chi connectivity index (χ2n) is 6.74. The Labute approximate surface area is 185 Å². The van der Waals surface area contributed by atoms with Gasteiger partial charge in [-0.05, 0) is 56.2 Å². The van der Waals surface area contributed by atoms with Crippen molar-refractivity contribution in [2.75, 3.05) is 32.1 Å². The van der Waals surface area contributed by atoms with Crippen molar-refractivity contribution in [1.29, 1.82) is 0 Å². The molecule has 0 fully saturated rings. The second kappa shape index (κ2) is 12.4. The number of nitrogens with zero attached hydrogens (tertiary/aromatic N) is 3. The molecule has 2 N–H and O–H groups in total. The summed E-state index contributed by atoms with van der Waals surface area (Å²) in [4.78, 5) is 11.0. The van der Waals surface area contributed by atoms with Crippen LogP contribution in [-0.4, -0.2) is 44.2 Å². The van der Waals surface area contributed by atoms with Gasteiger partial charge in [0.05, 0.1) is 13.1 Å². The summed E-state index contributed by atoms with van der Waals surface area (Å²) in [6.45, 7) is 8.22. The van der Waals surface area contributed by atoms with Gasteiger partial charge in [0.25, 0.3) is 0 Å². The third-order valence-electron chi connectivity index (χ3n) is 3.92. The number of pyridine rings is 1. The first kappa shape index (κ1) is 24.0. The van der Waals surface area contributed by atoms with Crippen molar-refractivity contribution in [1.82, 2.24) is 15.6 Å². The number of nitrogens with one attached hydrogen (secondary N) is 2. The highest BCUT2D eigenvalue weighted by atomic mass is 127. The molecule has 0 bridgehead atoms. The van der Waals surface area contributed by atoms with Gasteiger partial charge >= 0.3 is 0 Å². The maximum absolute atomic E-state index is 5.97. The molecule has 1 atom stereocenters. The standard InChI is InChI=1S/C21H31N5O.HI/c1-6-22-21(25-15-18-10-11-23-20(13-18)26(4)5)24-14-17(3)27-19-9-7-8-16(2)12-19;/h7-13,17H,6,14-15H2,1-5H3,(H2,22,24,25);1H. The number of ether oxygens (including phenoxy) is 1. The number of benzene rings is 1. The second-order valence-corrected chi connectivity index (χ2v) is 6.74. The van der Waals surface area contributed by atoms with Crippen molar-refractivity contribution in [3.63, 3.8) is 0 Å². The number of aliphatic imine (C=N–C) groups is 1. The Morgan fingerprint density at radius 1 is 1.21 bits per heavy atom. The van der Waals surface area contributed by atoms with E-state index in [0.29, 0.717) is 13.1 Å². The summed E-state index contributed by atoms with van der Waals surface area (Å²) in [5, 5.41) is 6.63. The molecule has 6 nitrogen and oxygen atoms in total. The fraction of sp³-hybridized carbons (Fsp3) is 0.429. The van der Waals surface area contributed by atoms with Crippen molar-refractivity contribution >= 4 is 35.8 Å². The van der Waals surface area contributed by atoms with Crippen molar-refractivity contribution < 1.29 is 4.74 Å². The largest absolute Gasteiger partial charge is 0.489 e. The van der Waals surface area contributed by atoms with E-state index in [2.05, 4.69) is 46.6 Å². The number of hydrogen-bond donors (Lipinski definition) is 2.